The highest BCUT2D eigenvalue weighted by Gasteiger charge is 2.21. The average Bonchev–Trinajstić information content (AvgIpc) is 2.14. The average molecular weight is 242 g/mol. The topological polar surface area (TPSA) is 32.3 Å². The largest absolute Gasteiger partial charge is 0.387 e. The predicted molar refractivity (Wildman–Crippen MR) is 68.8 cm³/mol. The van der Waals surface area contributed by atoms with Crippen molar-refractivity contribution < 1.29 is 5.11 Å². The number of rotatable bonds is 3. The monoisotopic (exact) mass is 241 g/mol. The van der Waals surface area contributed by atoms with Crippen LogP contribution in [0.15, 0.2) is 24.3 Å². The molecule has 3 heteroatoms. The maximum absolute atomic E-state index is 10.2. The van der Waals surface area contributed by atoms with Gasteiger partial charge in [0.25, 0.3) is 0 Å². The number of hydrogen-bond donors (Lipinski definition) is 2. The lowest BCUT2D eigenvalue weighted by atomic mass is 10.00. The summed E-state index contributed by atoms with van der Waals surface area (Å²) in [6, 6.07) is 7.33. The first-order valence-corrected chi connectivity index (χ1v) is 5.88. The standard InChI is InChI=1S/C13H20ClNO/c1-9(15-13(2,3)4)12(16)10-6-5-7-11(14)8-10/h5-9,12,15-16H,1-4H3/t9-,12?/m0/s1. The second-order valence-corrected chi connectivity index (χ2v) is 5.62. The van der Waals surface area contributed by atoms with Gasteiger partial charge in [0.15, 0.2) is 0 Å². The molecular formula is C13H20ClNO. The molecule has 0 saturated carbocycles. The van der Waals surface area contributed by atoms with Crippen molar-refractivity contribution in [3.8, 4) is 0 Å². The van der Waals surface area contributed by atoms with Crippen LogP contribution in [-0.4, -0.2) is 16.7 Å². The Kier molecular flexibility index (Phi) is 4.36. The molecular weight excluding hydrogens is 222 g/mol. The molecule has 0 spiro atoms. The molecule has 0 bridgehead atoms. The van der Waals surface area contributed by atoms with Crippen LogP contribution < -0.4 is 5.32 Å². The molecule has 0 fully saturated rings. The van der Waals surface area contributed by atoms with E-state index < -0.39 is 6.10 Å². The summed E-state index contributed by atoms with van der Waals surface area (Å²) in [6.45, 7) is 8.20. The molecule has 0 radical (unpaired) electrons. The zero-order chi connectivity index (χ0) is 12.3. The first-order chi connectivity index (χ1) is 7.29. The van der Waals surface area contributed by atoms with Crippen molar-refractivity contribution in [2.75, 3.05) is 0 Å². The Morgan fingerprint density at radius 3 is 2.44 bits per heavy atom. The Morgan fingerprint density at radius 2 is 1.94 bits per heavy atom. The molecule has 90 valence electrons. The van der Waals surface area contributed by atoms with Crippen molar-refractivity contribution in [3.05, 3.63) is 34.9 Å². The van der Waals surface area contributed by atoms with E-state index in [9.17, 15) is 5.11 Å². The minimum absolute atomic E-state index is 0.0149. The SMILES string of the molecule is C[C@H](NC(C)(C)C)C(O)c1cccc(Cl)c1. The molecule has 1 rings (SSSR count). The summed E-state index contributed by atoms with van der Waals surface area (Å²) < 4.78 is 0. The number of nitrogens with one attached hydrogen (secondary N) is 1. The summed E-state index contributed by atoms with van der Waals surface area (Å²) in [7, 11) is 0. The Morgan fingerprint density at radius 1 is 1.31 bits per heavy atom. The molecule has 2 atom stereocenters. The number of hydrogen-bond acceptors (Lipinski definition) is 2. The summed E-state index contributed by atoms with van der Waals surface area (Å²) in [4.78, 5) is 0. The van der Waals surface area contributed by atoms with Gasteiger partial charge in [-0.1, -0.05) is 23.7 Å². The number of halogens is 1. The van der Waals surface area contributed by atoms with E-state index in [0.29, 0.717) is 5.02 Å². The summed E-state index contributed by atoms with van der Waals surface area (Å²) in [5.41, 5.74) is 0.829. The van der Waals surface area contributed by atoms with Crippen molar-refractivity contribution in [2.24, 2.45) is 0 Å². The van der Waals surface area contributed by atoms with Gasteiger partial charge in [0, 0.05) is 16.6 Å². The molecule has 0 heterocycles. The quantitative estimate of drug-likeness (QED) is 0.852. The maximum Gasteiger partial charge on any atom is 0.0940 e. The molecule has 0 aliphatic heterocycles. The minimum atomic E-state index is -0.544. The summed E-state index contributed by atoms with van der Waals surface area (Å²) in [5, 5.41) is 14.2. The van der Waals surface area contributed by atoms with Gasteiger partial charge in [-0.2, -0.15) is 0 Å². The molecule has 0 saturated heterocycles. The lowest BCUT2D eigenvalue weighted by Gasteiger charge is -2.29. The number of aliphatic hydroxyl groups is 1. The Labute approximate surface area is 103 Å². The van der Waals surface area contributed by atoms with Gasteiger partial charge in [-0.05, 0) is 45.4 Å². The van der Waals surface area contributed by atoms with Crippen molar-refractivity contribution >= 4 is 11.6 Å². The Bertz CT molecular complexity index is 346. The van der Waals surface area contributed by atoms with E-state index in [0.717, 1.165) is 5.56 Å². The highest BCUT2D eigenvalue weighted by Crippen LogP contribution is 2.21. The molecule has 0 aliphatic carbocycles. The summed E-state index contributed by atoms with van der Waals surface area (Å²) in [6.07, 6.45) is -0.544. The molecule has 0 amide bonds. The Hall–Kier alpha value is -0.570. The predicted octanol–water partition coefficient (Wildman–Crippen LogP) is 3.15. The van der Waals surface area contributed by atoms with Gasteiger partial charge in [0.1, 0.15) is 0 Å². The van der Waals surface area contributed by atoms with E-state index in [1.165, 1.54) is 0 Å². The molecule has 1 aromatic carbocycles. The third-order valence-corrected chi connectivity index (χ3v) is 2.56. The lowest BCUT2D eigenvalue weighted by molar-refractivity contribution is 0.121. The van der Waals surface area contributed by atoms with Crippen LogP contribution in [0.4, 0.5) is 0 Å². The van der Waals surface area contributed by atoms with Crippen LogP contribution in [-0.2, 0) is 0 Å². The van der Waals surface area contributed by atoms with Crippen LogP contribution in [0.1, 0.15) is 39.4 Å². The van der Waals surface area contributed by atoms with Crippen LogP contribution >= 0.6 is 11.6 Å². The van der Waals surface area contributed by atoms with Gasteiger partial charge in [-0.3, -0.25) is 0 Å². The highest BCUT2D eigenvalue weighted by molar-refractivity contribution is 6.30. The van der Waals surface area contributed by atoms with E-state index in [1.54, 1.807) is 12.1 Å². The molecule has 2 nitrogen and oxygen atoms in total. The van der Waals surface area contributed by atoms with Crippen molar-refractivity contribution in [3.63, 3.8) is 0 Å². The minimum Gasteiger partial charge on any atom is -0.387 e. The van der Waals surface area contributed by atoms with Gasteiger partial charge < -0.3 is 10.4 Å². The van der Waals surface area contributed by atoms with Crippen molar-refractivity contribution in [2.45, 2.75) is 45.4 Å². The van der Waals surface area contributed by atoms with Crippen LogP contribution in [0.25, 0.3) is 0 Å². The molecule has 0 aliphatic rings. The van der Waals surface area contributed by atoms with Gasteiger partial charge in [-0.25, -0.2) is 0 Å². The lowest BCUT2D eigenvalue weighted by Crippen LogP contribution is -2.44. The zero-order valence-electron chi connectivity index (χ0n) is 10.3. The molecule has 1 aromatic rings. The maximum atomic E-state index is 10.2. The zero-order valence-corrected chi connectivity index (χ0v) is 11.0. The second-order valence-electron chi connectivity index (χ2n) is 5.18. The van der Waals surface area contributed by atoms with Crippen LogP contribution in [0.2, 0.25) is 5.02 Å². The van der Waals surface area contributed by atoms with E-state index in [2.05, 4.69) is 26.1 Å². The number of benzene rings is 1. The van der Waals surface area contributed by atoms with E-state index >= 15 is 0 Å². The van der Waals surface area contributed by atoms with Gasteiger partial charge in [0.2, 0.25) is 0 Å². The normalized spacial score (nSPS) is 15.9. The molecule has 0 aromatic heterocycles. The van der Waals surface area contributed by atoms with Gasteiger partial charge in [0.05, 0.1) is 6.10 Å². The molecule has 2 N–H and O–H groups in total. The van der Waals surface area contributed by atoms with Crippen LogP contribution in [0.3, 0.4) is 0 Å². The van der Waals surface area contributed by atoms with E-state index in [4.69, 9.17) is 11.6 Å². The van der Waals surface area contributed by atoms with E-state index in [1.807, 2.05) is 19.1 Å². The van der Waals surface area contributed by atoms with Gasteiger partial charge >= 0.3 is 0 Å². The second kappa shape index (κ2) is 5.17. The number of aliphatic hydroxyl groups excluding tert-OH is 1. The summed E-state index contributed by atoms with van der Waals surface area (Å²) in [5.74, 6) is 0. The fourth-order valence-electron chi connectivity index (χ4n) is 1.74. The first-order valence-electron chi connectivity index (χ1n) is 5.51. The first kappa shape index (κ1) is 13.5. The fraction of sp³-hybridized carbons (Fsp3) is 0.538. The smallest absolute Gasteiger partial charge is 0.0940 e. The molecule has 1 unspecified atom stereocenters. The third-order valence-electron chi connectivity index (χ3n) is 2.32. The highest BCUT2D eigenvalue weighted by atomic mass is 35.5. The van der Waals surface area contributed by atoms with Crippen molar-refractivity contribution in [1.29, 1.82) is 0 Å². The molecule has 16 heavy (non-hydrogen) atoms. The van der Waals surface area contributed by atoms with Crippen LogP contribution in [0.5, 0.6) is 0 Å². The van der Waals surface area contributed by atoms with Crippen molar-refractivity contribution in [1.82, 2.24) is 5.32 Å². The summed E-state index contributed by atoms with van der Waals surface area (Å²) >= 11 is 5.90. The van der Waals surface area contributed by atoms with E-state index in [-0.39, 0.29) is 11.6 Å². The Balaban J connectivity index is 2.74. The van der Waals surface area contributed by atoms with Gasteiger partial charge in [-0.15, -0.1) is 0 Å². The third kappa shape index (κ3) is 4.12. The fourth-order valence-corrected chi connectivity index (χ4v) is 1.94. The van der Waals surface area contributed by atoms with Crippen LogP contribution in [0, 0.1) is 0 Å².